The lowest BCUT2D eigenvalue weighted by Crippen LogP contribution is -1.91. The van der Waals surface area contributed by atoms with Crippen LogP contribution in [0.15, 0.2) is 64.8 Å². The number of rotatable bonds is 10. The maximum absolute atomic E-state index is 10.6. The van der Waals surface area contributed by atoms with E-state index in [1.807, 2.05) is 12.1 Å². The molecule has 0 amide bonds. The Labute approximate surface area is 167 Å². The van der Waals surface area contributed by atoms with Crippen molar-refractivity contribution in [2.75, 3.05) is 0 Å². The van der Waals surface area contributed by atoms with Crippen LogP contribution in [0.3, 0.4) is 0 Å². The van der Waals surface area contributed by atoms with Gasteiger partial charge in [0, 0.05) is 0 Å². The van der Waals surface area contributed by atoms with Crippen LogP contribution >= 0.6 is 0 Å². The summed E-state index contributed by atoms with van der Waals surface area (Å²) >= 11 is 0. The molecule has 1 aromatic rings. The molecule has 0 aromatic heterocycles. The van der Waals surface area contributed by atoms with Gasteiger partial charge in [0.05, 0.1) is 0 Å². The standard InChI is InChI=1S/C26H38O/c1-20(2)10-7-12-22(5)16-18-24-14-9-15-25(26(24)27)19-17-23(6)13-8-11-21(3)4/h9-11,14-17,27H,7-8,12-13,18-19H2,1-6H3. The van der Waals surface area contributed by atoms with Crippen molar-refractivity contribution in [1.29, 1.82) is 0 Å². The molecule has 0 radical (unpaired) electrons. The molecule has 0 unspecified atom stereocenters. The molecule has 0 saturated carbocycles. The fourth-order valence-electron chi connectivity index (χ4n) is 2.92. The normalized spacial score (nSPS) is 12.1. The third-order valence-corrected chi connectivity index (χ3v) is 4.73. The molecule has 0 fully saturated rings. The van der Waals surface area contributed by atoms with Crippen LogP contribution in [-0.4, -0.2) is 5.11 Å². The van der Waals surface area contributed by atoms with Gasteiger partial charge >= 0.3 is 0 Å². The smallest absolute Gasteiger partial charge is 0.122 e. The molecule has 0 aliphatic carbocycles. The summed E-state index contributed by atoms with van der Waals surface area (Å²) in [5.41, 5.74) is 7.55. The Kier molecular flexibility index (Phi) is 10.6. The second-order valence-electron chi connectivity index (χ2n) is 8.07. The summed E-state index contributed by atoms with van der Waals surface area (Å²) in [6.45, 7) is 12.9. The van der Waals surface area contributed by atoms with E-state index in [9.17, 15) is 5.11 Å². The Morgan fingerprint density at radius 1 is 0.704 bits per heavy atom. The first-order valence-corrected chi connectivity index (χ1v) is 10.2. The number of benzene rings is 1. The van der Waals surface area contributed by atoms with Crippen molar-refractivity contribution < 1.29 is 5.11 Å². The van der Waals surface area contributed by atoms with Crippen molar-refractivity contribution >= 4 is 0 Å². The minimum Gasteiger partial charge on any atom is -0.507 e. The fraction of sp³-hybridized carbons (Fsp3) is 0.462. The predicted molar refractivity (Wildman–Crippen MR) is 120 cm³/mol. The highest BCUT2D eigenvalue weighted by Crippen LogP contribution is 2.25. The molecule has 1 N–H and O–H groups in total. The van der Waals surface area contributed by atoms with Gasteiger partial charge in [-0.25, -0.2) is 0 Å². The predicted octanol–water partition coefficient (Wildman–Crippen LogP) is 7.86. The molecule has 0 aliphatic heterocycles. The summed E-state index contributed by atoms with van der Waals surface area (Å²) < 4.78 is 0. The monoisotopic (exact) mass is 366 g/mol. The Bertz CT molecular complexity index is 647. The van der Waals surface area contributed by atoms with Crippen molar-refractivity contribution in [3.63, 3.8) is 0 Å². The van der Waals surface area contributed by atoms with E-state index in [-0.39, 0.29) is 0 Å². The van der Waals surface area contributed by atoms with Gasteiger partial charge in [0.25, 0.3) is 0 Å². The summed E-state index contributed by atoms with van der Waals surface area (Å²) in [4.78, 5) is 0. The number of allylic oxidation sites excluding steroid dienone is 8. The Morgan fingerprint density at radius 3 is 1.48 bits per heavy atom. The van der Waals surface area contributed by atoms with E-state index in [2.05, 4.69) is 71.9 Å². The molecule has 0 bridgehead atoms. The van der Waals surface area contributed by atoms with Crippen molar-refractivity contribution in [2.24, 2.45) is 0 Å². The molecule has 27 heavy (non-hydrogen) atoms. The van der Waals surface area contributed by atoms with Gasteiger partial charge in [0.15, 0.2) is 0 Å². The van der Waals surface area contributed by atoms with E-state index in [0.29, 0.717) is 5.75 Å². The van der Waals surface area contributed by atoms with Gasteiger partial charge in [0.1, 0.15) is 5.75 Å². The molecule has 1 rings (SSSR count). The number of para-hydroxylation sites is 1. The first-order chi connectivity index (χ1) is 12.8. The van der Waals surface area contributed by atoms with Crippen LogP contribution < -0.4 is 0 Å². The van der Waals surface area contributed by atoms with E-state index in [4.69, 9.17) is 0 Å². The van der Waals surface area contributed by atoms with Crippen molar-refractivity contribution in [1.82, 2.24) is 0 Å². The highest BCUT2D eigenvalue weighted by molar-refractivity contribution is 5.42. The second kappa shape index (κ2) is 12.4. The number of phenolic OH excluding ortho intramolecular Hbond substituents is 1. The minimum absolute atomic E-state index is 0.458. The average molecular weight is 367 g/mol. The van der Waals surface area contributed by atoms with Crippen molar-refractivity contribution in [3.05, 3.63) is 75.9 Å². The minimum atomic E-state index is 0.458. The molecule has 0 aliphatic rings. The van der Waals surface area contributed by atoms with Crippen LogP contribution in [-0.2, 0) is 12.8 Å². The van der Waals surface area contributed by atoms with Gasteiger partial charge in [-0.3, -0.25) is 0 Å². The fourth-order valence-corrected chi connectivity index (χ4v) is 2.92. The van der Waals surface area contributed by atoms with Gasteiger partial charge in [-0.1, -0.05) is 64.8 Å². The van der Waals surface area contributed by atoms with Crippen LogP contribution in [0.4, 0.5) is 0 Å². The van der Waals surface area contributed by atoms with E-state index in [1.165, 1.54) is 22.3 Å². The summed E-state index contributed by atoms with van der Waals surface area (Å²) in [5.74, 6) is 0.458. The molecule has 0 heterocycles. The van der Waals surface area contributed by atoms with Crippen LogP contribution in [0.25, 0.3) is 0 Å². The molecule has 148 valence electrons. The number of phenols is 1. The van der Waals surface area contributed by atoms with Crippen LogP contribution in [0.1, 0.15) is 78.4 Å². The van der Waals surface area contributed by atoms with E-state index in [1.54, 1.807) is 0 Å². The molecule has 0 atom stereocenters. The summed E-state index contributed by atoms with van der Waals surface area (Å²) in [6, 6.07) is 6.12. The highest BCUT2D eigenvalue weighted by atomic mass is 16.3. The Balaban J connectivity index is 2.68. The zero-order valence-electron chi connectivity index (χ0n) is 18.2. The summed E-state index contributed by atoms with van der Waals surface area (Å²) in [6.07, 6.45) is 15.0. The number of aromatic hydroxyl groups is 1. The van der Waals surface area contributed by atoms with Crippen molar-refractivity contribution in [3.8, 4) is 5.75 Å². The third kappa shape index (κ3) is 10.0. The van der Waals surface area contributed by atoms with E-state index in [0.717, 1.165) is 49.7 Å². The lowest BCUT2D eigenvalue weighted by Gasteiger charge is -2.08. The first kappa shape index (κ1) is 23.0. The molecule has 1 heteroatoms. The van der Waals surface area contributed by atoms with Crippen LogP contribution in [0.5, 0.6) is 5.75 Å². The zero-order chi connectivity index (χ0) is 20.2. The molecule has 0 saturated heterocycles. The maximum Gasteiger partial charge on any atom is 0.122 e. The first-order valence-electron chi connectivity index (χ1n) is 10.2. The Hall–Kier alpha value is -2.02. The highest BCUT2D eigenvalue weighted by Gasteiger charge is 2.05. The molecule has 1 nitrogen and oxygen atoms in total. The van der Waals surface area contributed by atoms with Crippen LogP contribution in [0.2, 0.25) is 0 Å². The SMILES string of the molecule is CC(C)=CCCC(C)=CCc1cccc(CC=C(C)CCC=C(C)C)c1O. The van der Waals surface area contributed by atoms with E-state index >= 15 is 0 Å². The van der Waals surface area contributed by atoms with Crippen molar-refractivity contribution in [2.45, 2.75) is 80.1 Å². The number of hydrogen-bond donors (Lipinski definition) is 1. The van der Waals surface area contributed by atoms with Crippen LogP contribution in [0, 0.1) is 0 Å². The van der Waals surface area contributed by atoms with Gasteiger partial charge in [0.2, 0.25) is 0 Å². The molecule has 1 aromatic carbocycles. The number of hydrogen-bond acceptors (Lipinski definition) is 1. The zero-order valence-corrected chi connectivity index (χ0v) is 18.2. The summed E-state index contributed by atoms with van der Waals surface area (Å²) in [5, 5.41) is 10.6. The largest absolute Gasteiger partial charge is 0.507 e. The lowest BCUT2D eigenvalue weighted by molar-refractivity contribution is 0.464. The van der Waals surface area contributed by atoms with E-state index < -0.39 is 0 Å². The topological polar surface area (TPSA) is 20.2 Å². The summed E-state index contributed by atoms with van der Waals surface area (Å²) in [7, 11) is 0. The second-order valence-corrected chi connectivity index (χ2v) is 8.07. The van der Waals surface area contributed by atoms with Gasteiger partial charge in [-0.2, -0.15) is 0 Å². The average Bonchev–Trinajstić information content (AvgIpc) is 2.59. The molecular weight excluding hydrogens is 328 g/mol. The Morgan fingerprint density at radius 2 is 1.11 bits per heavy atom. The maximum atomic E-state index is 10.6. The van der Waals surface area contributed by atoms with Gasteiger partial charge in [-0.05, 0) is 91.2 Å². The molecular formula is C26H38O. The van der Waals surface area contributed by atoms with Gasteiger partial charge in [-0.15, -0.1) is 0 Å². The third-order valence-electron chi connectivity index (χ3n) is 4.73. The molecule has 0 spiro atoms. The van der Waals surface area contributed by atoms with Gasteiger partial charge < -0.3 is 5.11 Å². The lowest BCUT2D eigenvalue weighted by atomic mass is 10.0. The quantitative estimate of drug-likeness (QED) is 0.418.